The molecule has 1 saturated heterocycles. The molecule has 218 valence electrons. The van der Waals surface area contributed by atoms with Gasteiger partial charge < -0.3 is 25.4 Å². The highest BCUT2D eigenvalue weighted by Gasteiger charge is 2.30. The molecule has 3 aromatic rings. The van der Waals surface area contributed by atoms with Gasteiger partial charge in [0.25, 0.3) is 0 Å². The first-order valence-corrected chi connectivity index (χ1v) is 13.5. The summed E-state index contributed by atoms with van der Waals surface area (Å²) in [4.78, 5) is 34.8. The standard InChI is InChI=1S/C28H29Cl2F2N5O4/c1-28(2,3)41-27(39)37(14-16-8-10-21(38)35-16)13-15-7-9-20(36-25(15)40-26(31)32)17-11-12-34-24(23(17)30)18-5-4-6-19(33)22(18)29/h4-7,9,11-12,16,26H,8,10,13-14,33H2,1-3H3,(H,35,38)/t16-/m0/s1. The Kier molecular flexibility index (Phi) is 9.18. The van der Waals surface area contributed by atoms with Gasteiger partial charge in [-0.15, -0.1) is 0 Å². The molecule has 9 nitrogen and oxygen atoms in total. The van der Waals surface area contributed by atoms with E-state index >= 15 is 0 Å². The number of pyridine rings is 2. The van der Waals surface area contributed by atoms with Crippen LogP contribution in [-0.4, -0.2) is 51.7 Å². The fourth-order valence-electron chi connectivity index (χ4n) is 4.30. The summed E-state index contributed by atoms with van der Waals surface area (Å²) in [7, 11) is 0. The molecule has 3 heterocycles. The van der Waals surface area contributed by atoms with Crippen LogP contribution in [0.5, 0.6) is 5.88 Å². The summed E-state index contributed by atoms with van der Waals surface area (Å²) in [6.45, 7) is 1.90. The molecule has 1 aromatic carbocycles. The highest BCUT2D eigenvalue weighted by molar-refractivity contribution is 6.38. The molecular formula is C28H29Cl2F2N5O4. The lowest BCUT2D eigenvalue weighted by atomic mass is 10.1. The van der Waals surface area contributed by atoms with Crippen LogP contribution in [0.15, 0.2) is 42.6 Å². The van der Waals surface area contributed by atoms with Crippen molar-refractivity contribution in [1.82, 2.24) is 20.2 Å². The number of nitrogens with zero attached hydrogens (tertiary/aromatic N) is 3. The minimum absolute atomic E-state index is 0.108. The van der Waals surface area contributed by atoms with E-state index in [1.165, 1.54) is 17.2 Å². The number of ether oxygens (including phenoxy) is 2. The maximum Gasteiger partial charge on any atom is 0.410 e. The van der Waals surface area contributed by atoms with Gasteiger partial charge in [-0.05, 0) is 51.5 Å². The molecule has 0 bridgehead atoms. The Morgan fingerprint density at radius 2 is 1.93 bits per heavy atom. The zero-order valence-corrected chi connectivity index (χ0v) is 24.1. The summed E-state index contributed by atoms with van der Waals surface area (Å²) in [5, 5.41) is 3.25. The Morgan fingerprint density at radius 3 is 2.59 bits per heavy atom. The van der Waals surface area contributed by atoms with Gasteiger partial charge >= 0.3 is 12.7 Å². The van der Waals surface area contributed by atoms with Crippen molar-refractivity contribution in [2.45, 2.75) is 58.4 Å². The Balaban J connectivity index is 1.70. The molecule has 13 heteroatoms. The van der Waals surface area contributed by atoms with Gasteiger partial charge in [0.05, 0.1) is 33.7 Å². The monoisotopic (exact) mass is 607 g/mol. The third kappa shape index (κ3) is 7.53. The number of aromatic nitrogens is 2. The van der Waals surface area contributed by atoms with Crippen molar-refractivity contribution in [3.05, 3.63) is 58.2 Å². The third-order valence-electron chi connectivity index (χ3n) is 6.13. The molecular weight excluding hydrogens is 579 g/mol. The molecule has 2 amide bonds. The van der Waals surface area contributed by atoms with Crippen molar-refractivity contribution in [2.75, 3.05) is 12.3 Å². The van der Waals surface area contributed by atoms with Gasteiger partial charge in [0, 0.05) is 41.9 Å². The summed E-state index contributed by atoms with van der Waals surface area (Å²) in [6.07, 6.45) is 1.67. The second kappa shape index (κ2) is 12.4. The second-order valence-electron chi connectivity index (χ2n) is 10.4. The second-order valence-corrected chi connectivity index (χ2v) is 11.2. The lowest BCUT2D eigenvalue weighted by Crippen LogP contribution is -2.43. The summed E-state index contributed by atoms with van der Waals surface area (Å²) in [5.41, 5.74) is 7.11. The molecule has 1 fully saturated rings. The largest absolute Gasteiger partial charge is 0.444 e. The molecule has 0 aliphatic carbocycles. The van der Waals surface area contributed by atoms with E-state index in [-0.39, 0.29) is 46.3 Å². The third-order valence-corrected chi connectivity index (χ3v) is 6.93. The van der Waals surface area contributed by atoms with Gasteiger partial charge in [0.2, 0.25) is 11.8 Å². The molecule has 4 rings (SSSR count). The van der Waals surface area contributed by atoms with Gasteiger partial charge in [-0.1, -0.05) is 35.3 Å². The minimum Gasteiger partial charge on any atom is -0.444 e. The van der Waals surface area contributed by atoms with Crippen LogP contribution >= 0.6 is 23.2 Å². The number of benzene rings is 1. The first kappa shape index (κ1) is 30.3. The predicted octanol–water partition coefficient (Wildman–Crippen LogP) is 6.32. The first-order chi connectivity index (χ1) is 19.3. The lowest BCUT2D eigenvalue weighted by molar-refractivity contribution is -0.119. The van der Waals surface area contributed by atoms with E-state index in [2.05, 4.69) is 15.3 Å². The number of alkyl halides is 2. The molecule has 1 aliphatic rings. The molecule has 2 aromatic heterocycles. The summed E-state index contributed by atoms with van der Waals surface area (Å²) in [5.74, 6) is -0.516. The molecule has 0 saturated carbocycles. The van der Waals surface area contributed by atoms with E-state index in [1.807, 2.05) is 0 Å². The van der Waals surface area contributed by atoms with Crippen molar-refractivity contribution < 1.29 is 27.8 Å². The van der Waals surface area contributed by atoms with Crippen LogP contribution in [0, 0.1) is 0 Å². The number of nitrogens with two attached hydrogens (primary N) is 1. The zero-order valence-electron chi connectivity index (χ0n) is 22.6. The Morgan fingerprint density at radius 1 is 1.17 bits per heavy atom. The Labute approximate surface area is 245 Å². The Bertz CT molecular complexity index is 1450. The predicted molar refractivity (Wildman–Crippen MR) is 152 cm³/mol. The average Bonchev–Trinajstić information content (AvgIpc) is 3.30. The summed E-state index contributed by atoms with van der Waals surface area (Å²) < 4.78 is 37.3. The van der Waals surface area contributed by atoms with Crippen molar-refractivity contribution >= 4 is 40.9 Å². The average molecular weight is 608 g/mol. The number of anilines is 1. The van der Waals surface area contributed by atoms with Crippen molar-refractivity contribution in [3.63, 3.8) is 0 Å². The van der Waals surface area contributed by atoms with E-state index in [4.69, 9.17) is 38.4 Å². The lowest BCUT2D eigenvalue weighted by Gasteiger charge is -2.29. The number of amides is 2. The number of hydrogen-bond donors (Lipinski definition) is 2. The van der Waals surface area contributed by atoms with Crippen molar-refractivity contribution in [1.29, 1.82) is 0 Å². The first-order valence-electron chi connectivity index (χ1n) is 12.7. The molecule has 41 heavy (non-hydrogen) atoms. The van der Waals surface area contributed by atoms with E-state index < -0.39 is 24.2 Å². The molecule has 0 radical (unpaired) electrons. The van der Waals surface area contributed by atoms with Gasteiger partial charge in [0.1, 0.15) is 5.60 Å². The summed E-state index contributed by atoms with van der Waals surface area (Å²) >= 11 is 13.1. The van der Waals surface area contributed by atoms with E-state index in [1.54, 1.807) is 51.1 Å². The number of nitrogens with one attached hydrogen (secondary N) is 1. The molecule has 1 aliphatic heterocycles. The number of hydrogen-bond acceptors (Lipinski definition) is 7. The van der Waals surface area contributed by atoms with E-state index in [0.29, 0.717) is 35.3 Å². The van der Waals surface area contributed by atoms with Gasteiger partial charge in [-0.2, -0.15) is 8.78 Å². The zero-order chi connectivity index (χ0) is 29.9. The van der Waals surface area contributed by atoms with Crippen LogP contribution in [0.1, 0.15) is 39.2 Å². The number of carbonyl (C=O) groups is 2. The quantitative estimate of drug-likeness (QED) is 0.288. The van der Waals surface area contributed by atoms with E-state index in [0.717, 1.165) is 0 Å². The summed E-state index contributed by atoms with van der Waals surface area (Å²) in [6, 6.07) is 9.41. The highest BCUT2D eigenvalue weighted by atomic mass is 35.5. The van der Waals surface area contributed by atoms with Crippen molar-refractivity contribution in [3.8, 4) is 28.4 Å². The molecule has 0 unspecified atom stereocenters. The van der Waals surface area contributed by atoms with Gasteiger partial charge in [-0.25, -0.2) is 9.78 Å². The normalized spacial score (nSPS) is 15.1. The number of carbonyl (C=O) groups excluding carboxylic acids is 2. The highest BCUT2D eigenvalue weighted by Crippen LogP contribution is 2.39. The molecule has 3 N–H and O–H groups in total. The fourth-order valence-corrected chi connectivity index (χ4v) is 4.83. The Hall–Kier alpha value is -3.70. The fraction of sp³-hybridized carbons (Fsp3) is 0.357. The van der Waals surface area contributed by atoms with Crippen LogP contribution in [-0.2, 0) is 16.1 Å². The maximum atomic E-state index is 13.5. The number of rotatable bonds is 8. The van der Waals surface area contributed by atoms with Crippen LogP contribution in [0.2, 0.25) is 10.0 Å². The minimum atomic E-state index is -3.19. The van der Waals surface area contributed by atoms with E-state index in [9.17, 15) is 18.4 Å². The molecule has 1 atom stereocenters. The topological polar surface area (TPSA) is 120 Å². The van der Waals surface area contributed by atoms with Gasteiger partial charge in [0.15, 0.2) is 0 Å². The number of nitrogen functional groups attached to an aromatic ring is 1. The van der Waals surface area contributed by atoms with Crippen LogP contribution in [0.4, 0.5) is 19.3 Å². The number of halogens is 4. The maximum absolute atomic E-state index is 13.5. The van der Waals surface area contributed by atoms with Crippen LogP contribution in [0.25, 0.3) is 22.5 Å². The van der Waals surface area contributed by atoms with Crippen LogP contribution < -0.4 is 15.8 Å². The molecule has 0 spiro atoms. The van der Waals surface area contributed by atoms with Gasteiger partial charge in [-0.3, -0.25) is 9.78 Å². The van der Waals surface area contributed by atoms with Crippen LogP contribution in [0.3, 0.4) is 0 Å². The van der Waals surface area contributed by atoms with Crippen molar-refractivity contribution in [2.24, 2.45) is 0 Å². The SMILES string of the molecule is CC(C)(C)OC(=O)N(Cc1ccc(-c2ccnc(-c3cccc(N)c3Cl)c2Cl)nc1OC(F)F)C[C@@H]1CCC(=O)N1. The smallest absolute Gasteiger partial charge is 0.410 e.